The van der Waals surface area contributed by atoms with Gasteiger partial charge in [0.1, 0.15) is 5.75 Å². The molecule has 4 nitrogen and oxygen atoms in total. The minimum Gasteiger partial charge on any atom is -0.496 e. The molecule has 1 saturated heterocycles. The van der Waals surface area contributed by atoms with Crippen molar-refractivity contribution in [3.63, 3.8) is 0 Å². The van der Waals surface area contributed by atoms with Gasteiger partial charge in [-0.1, -0.05) is 30.9 Å². The van der Waals surface area contributed by atoms with Crippen molar-refractivity contribution in [2.45, 2.75) is 32.1 Å². The van der Waals surface area contributed by atoms with Gasteiger partial charge >= 0.3 is 0 Å². The zero-order valence-corrected chi connectivity index (χ0v) is 12.6. The molecule has 0 unspecified atom stereocenters. The molecule has 1 aromatic rings. The van der Waals surface area contributed by atoms with Gasteiger partial charge in [0.2, 0.25) is 0 Å². The highest BCUT2D eigenvalue weighted by Crippen LogP contribution is 2.30. The average molecular weight is 297 g/mol. The molecule has 5 heteroatoms. The van der Waals surface area contributed by atoms with Crippen LogP contribution in [-0.4, -0.2) is 31.0 Å². The van der Waals surface area contributed by atoms with Crippen LogP contribution in [0.1, 0.15) is 42.5 Å². The highest BCUT2D eigenvalue weighted by atomic mass is 35.5. The third-order valence-electron chi connectivity index (χ3n) is 3.69. The van der Waals surface area contributed by atoms with Gasteiger partial charge in [-0.05, 0) is 18.9 Å². The molecule has 0 radical (unpaired) electrons. The van der Waals surface area contributed by atoms with Crippen LogP contribution in [0.4, 0.5) is 5.69 Å². The molecule has 1 amide bonds. The predicted octanol–water partition coefficient (Wildman–Crippen LogP) is 3.34. The molecule has 0 aliphatic carbocycles. The highest BCUT2D eigenvalue weighted by Gasteiger charge is 2.21. The maximum Gasteiger partial charge on any atom is 0.257 e. The van der Waals surface area contributed by atoms with Crippen LogP contribution in [0.25, 0.3) is 0 Å². The van der Waals surface area contributed by atoms with Crippen molar-refractivity contribution >= 4 is 23.2 Å². The number of hydrogen-bond donors (Lipinski definition) is 1. The van der Waals surface area contributed by atoms with E-state index in [1.165, 1.54) is 26.4 Å². The number of rotatable bonds is 2. The second kappa shape index (κ2) is 6.84. The number of halogens is 1. The van der Waals surface area contributed by atoms with E-state index in [0.29, 0.717) is 22.0 Å². The van der Waals surface area contributed by atoms with E-state index in [4.69, 9.17) is 22.1 Å². The number of anilines is 1. The molecule has 0 spiro atoms. The molecule has 1 heterocycles. The maximum absolute atomic E-state index is 12.7. The van der Waals surface area contributed by atoms with Gasteiger partial charge < -0.3 is 15.4 Å². The fourth-order valence-corrected chi connectivity index (χ4v) is 2.69. The molecule has 2 rings (SSSR count). The second-order valence-corrected chi connectivity index (χ2v) is 5.54. The predicted molar refractivity (Wildman–Crippen MR) is 81.4 cm³/mol. The van der Waals surface area contributed by atoms with E-state index >= 15 is 0 Å². The first-order valence-corrected chi connectivity index (χ1v) is 7.43. The topological polar surface area (TPSA) is 55.6 Å². The number of ether oxygens (including phenoxy) is 1. The number of carbonyl (C=O) groups is 1. The molecule has 1 fully saturated rings. The van der Waals surface area contributed by atoms with Gasteiger partial charge in [0.15, 0.2) is 0 Å². The fraction of sp³-hybridized carbons (Fsp3) is 0.533. The number of carbonyl (C=O) groups excluding carboxylic acids is 1. The number of nitrogen functional groups attached to an aromatic ring is 1. The lowest BCUT2D eigenvalue weighted by Crippen LogP contribution is -2.34. The largest absolute Gasteiger partial charge is 0.496 e. The summed E-state index contributed by atoms with van der Waals surface area (Å²) in [5.74, 6) is 0.463. The molecule has 1 aliphatic rings. The Morgan fingerprint density at radius 2 is 1.80 bits per heavy atom. The van der Waals surface area contributed by atoms with Crippen molar-refractivity contribution in [3.05, 3.63) is 22.7 Å². The first-order valence-electron chi connectivity index (χ1n) is 7.05. The summed E-state index contributed by atoms with van der Waals surface area (Å²) in [6, 6.07) is 3.22. The average Bonchev–Trinajstić information content (AvgIpc) is 2.40. The van der Waals surface area contributed by atoms with Crippen LogP contribution < -0.4 is 10.5 Å². The molecule has 110 valence electrons. The Morgan fingerprint density at radius 3 is 2.40 bits per heavy atom. The van der Waals surface area contributed by atoms with Crippen LogP contribution in [0.15, 0.2) is 12.1 Å². The van der Waals surface area contributed by atoms with Crippen LogP contribution >= 0.6 is 11.6 Å². The zero-order chi connectivity index (χ0) is 14.5. The van der Waals surface area contributed by atoms with Gasteiger partial charge in [-0.3, -0.25) is 4.79 Å². The first-order chi connectivity index (χ1) is 9.63. The van der Waals surface area contributed by atoms with Gasteiger partial charge in [0, 0.05) is 19.2 Å². The summed E-state index contributed by atoms with van der Waals surface area (Å²) < 4.78 is 5.26. The quantitative estimate of drug-likeness (QED) is 0.852. The Kier molecular flexibility index (Phi) is 5.12. The SMILES string of the molecule is COc1cc(N)c(Cl)cc1C(=O)N1CCCCCCC1. The zero-order valence-electron chi connectivity index (χ0n) is 11.8. The third kappa shape index (κ3) is 3.37. The summed E-state index contributed by atoms with van der Waals surface area (Å²) in [5, 5.41) is 0.390. The highest BCUT2D eigenvalue weighted by molar-refractivity contribution is 6.33. The molecule has 1 aliphatic heterocycles. The Balaban J connectivity index is 2.24. The van der Waals surface area contributed by atoms with E-state index in [-0.39, 0.29) is 5.91 Å². The lowest BCUT2D eigenvalue weighted by Gasteiger charge is -2.25. The Labute approximate surface area is 124 Å². The van der Waals surface area contributed by atoms with Gasteiger partial charge in [0.05, 0.1) is 23.4 Å². The van der Waals surface area contributed by atoms with Crippen molar-refractivity contribution in [2.75, 3.05) is 25.9 Å². The minimum atomic E-state index is -0.0225. The Morgan fingerprint density at radius 1 is 1.20 bits per heavy atom. The second-order valence-electron chi connectivity index (χ2n) is 5.13. The van der Waals surface area contributed by atoms with Gasteiger partial charge in [-0.15, -0.1) is 0 Å². The van der Waals surface area contributed by atoms with E-state index in [0.717, 1.165) is 25.9 Å². The van der Waals surface area contributed by atoms with Crippen LogP contribution in [0.2, 0.25) is 5.02 Å². The lowest BCUT2D eigenvalue weighted by atomic mass is 10.1. The van der Waals surface area contributed by atoms with Crippen molar-refractivity contribution < 1.29 is 9.53 Å². The van der Waals surface area contributed by atoms with E-state index in [1.807, 2.05) is 4.90 Å². The molecule has 2 N–H and O–H groups in total. The molecule has 20 heavy (non-hydrogen) atoms. The van der Waals surface area contributed by atoms with E-state index in [2.05, 4.69) is 0 Å². The van der Waals surface area contributed by atoms with E-state index in [9.17, 15) is 4.79 Å². The van der Waals surface area contributed by atoms with Crippen LogP contribution in [0.5, 0.6) is 5.75 Å². The molecular weight excluding hydrogens is 276 g/mol. The van der Waals surface area contributed by atoms with Gasteiger partial charge in [-0.25, -0.2) is 0 Å². The molecule has 0 aromatic heterocycles. The van der Waals surface area contributed by atoms with Crippen molar-refractivity contribution in [1.82, 2.24) is 4.90 Å². The van der Waals surface area contributed by atoms with Crippen LogP contribution in [-0.2, 0) is 0 Å². The van der Waals surface area contributed by atoms with Gasteiger partial charge in [0.25, 0.3) is 5.91 Å². The Hall–Kier alpha value is -1.42. The fourth-order valence-electron chi connectivity index (χ4n) is 2.53. The van der Waals surface area contributed by atoms with Crippen molar-refractivity contribution in [3.8, 4) is 5.75 Å². The smallest absolute Gasteiger partial charge is 0.257 e. The summed E-state index contributed by atoms with van der Waals surface area (Å²) in [5.41, 5.74) is 6.67. The number of nitrogens with two attached hydrogens (primary N) is 1. The summed E-state index contributed by atoms with van der Waals surface area (Å²) in [7, 11) is 1.53. The number of methoxy groups -OCH3 is 1. The summed E-state index contributed by atoms with van der Waals surface area (Å²) >= 11 is 6.03. The molecule has 0 bridgehead atoms. The van der Waals surface area contributed by atoms with Crippen molar-refractivity contribution in [1.29, 1.82) is 0 Å². The molecule has 1 aromatic carbocycles. The normalized spacial score (nSPS) is 16.4. The monoisotopic (exact) mass is 296 g/mol. The molecular formula is C15H21ClN2O2. The van der Waals surface area contributed by atoms with Crippen LogP contribution in [0.3, 0.4) is 0 Å². The number of hydrogen-bond acceptors (Lipinski definition) is 3. The summed E-state index contributed by atoms with van der Waals surface area (Å²) in [4.78, 5) is 14.5. The van der Waals surface area contributed by atoms with Crippen LogP contribution in [0, 0.1) is 0 Å². The number of amides is 1. The first kappa shape index (κ1) is 15.0. The number of likely N-dealkylation sites (tertiary alicyclic amines) is 1. The standard InChI is InChI=1S/C15H21ClN2O2/c1-20-14-10-13(17)12(16)9-11(14)15(19)18-7-5-3-2-4-6-8-18/h9-10H,2-8,17H2,1H3. The maximum atomic E-state index is 12.7. The number of benzene rings is 1. The third-order valence-corrected chi connectivity index (χ3v) is 4.02. The Bertz CT molecular complexity index is 483. The molecule has 0 atom stereocenters. The summed E-state index contributed by atoms with van der Waals surface area (Å²) in [6.45, 7) is 1.59. The minimum absolute atomic E-state index is 0.0225. The number of nitrogens with zero attached hydrogens (tertiary/aromatic N) is 1. The van der Waals surface area contributed by atoms with E-state index in [1.54, 1.807) is 12.1 Å². The van der Waals surface area contributed by atoms with Gasteiger partial charge in [-0.2, -0.15) is 0 Å². The van der Waals surface area contributed by atoms with Crippen molar-refractivity contribution in [2.24, 2.45) is 0 Å². The van der Waals surface area contributed by atoms with E-state index < -0.39 is 0 Å². The lowest BCUT2D eigenvalue weighted by molar-refractivity contribution is 0.0739. The molecule has 0 saturated carbocycles. The summed E-state index contributed by atoms with van der Waals surface area (Å²) in [6.07, 6.45) is 5.74.